The van der Waals surface area contributed by atoms with Gasteiger partial charge in [-0.05, 0) is 24.9 Å². The molecule has 14 heavy (non-hydrogen) atoms. The molecule has 1 fully saturated rings. The highest BCUT2D eigenvalue weighted by Crippen LogP contribution is 2.16. The molecule has 0 spiro atoms. The molecule has 2 unspecified atom stereocenters. The van der Waals surface area contributed by atoms with Crippen molar-refractivity contribution < 1.29 is 0 Å². The summed E-state index contributed by atoms with van der Waals surface area (Å²) in [4.78, 5) is 0. The molecule has 2 N–H and O–H groups in total. The van der Waals surface area contributed by atoms with Crippen molar-refractivity contribution in [3.63, 3.8) is 0 Å². The predicted octanol–water partition coefficient (Wildman–Crippen LogP) is 0.687. The number of aryl methyl sites for hydroxylation is 1. The van der Waals surface area contributed by atoms with E-state index in [4.69, 9.17) is 0 Å². The van der Waals surface area contributed by atoms with Crippen LogP contribution < -0.4 is 10.6 Å². The third-order valence-corrected chi connectivity index (χ3v) is 2.94. The summed E-state index contributed by atoms with van der Waals surface area (Å²) in [6.45, 7) is 5.59. The molecule has 1 saturated heterocycles. The van der Waals surface area contributed by atoms with Crippen LogP contribution >= 0.6 is 0 Å². The first-order valence-corrected chi connectivity index (χ1v) is 5.20. The lowest BCUT2D eigenvalue weighted by Crippen LogP contribution is -2.20. The van der Waals surface area contributed by atoms with Crippen LogP contribution in [0.25, 0.3) is 0 Å². The number of nitrogens with zero attached hydrogens (tertiary/aromatic N) is 2. The minimum Gasteiger partial charge on any atom is -0.368 e. The van der Waals surface area contributed by atoms with Crippen LogP contribution in [0.1, 0.15) is 6.92 Å². The minimum atomic E-state index is 0.733. The van der Waals surface area contributed by atoms with E-state index in [-0.39, 0.29) is 0 Å². The molecule has 2 rings (SSSR count). The van der Waals surface area contributed by atoms with Crippen LogP contribution in [0.2, 0.25) is 0 Å². The molecule has 0 saturated carbocycles. The third-order valence-electron chi connectivity index (χ3n) is 2.94. The molecule has 2 heterocycles. The fraction of sp³-hybridized carbons (Fsp3) is 0.700. The first-order valence-electron chi connectivity index (χ1n) is 5.20. The maximum atomic E-state index is 4.28. The van der Waals surface area contributed by atoms with E-state index in [1.54, 1.807) is 0 Å². The Morgan fingerprint density at radius 2 is 2.50 bits per heavy atom. The van der Waals surface area contributed by atoms with Crippen LogP contribution in [0, 0.1) is 11.8 Å². The lowest BCUT2D eigenvalue weighted by atomic mass is 9.98. The Hall–Kier alpha value is -1.03. The normalized spacial score (nSPS) is 26.7. The lowest BCUT2D eigenvalue weighted by molar-refractivity contribution is 0.474. The first-order chi connectivity index (χ1) is 6.75. The van der Waals surface area contributed by atoms with E-state index < -0.39 is 0 Å². The Balaban J connectivity index is 1.82. The predicted molar refractivity (Wildman–Crippen MR) is 57.2 cm³/mol. The monoisotopic (exact) mass is 194 g/mol. The Morgan fingerprint density at radius 1 is 1.64 bits per heavy atom. The molecule has 1 aliphatic rings. The molecule has 1 aromatic rings. The Labute approximate surface area is 84.7 Å². The van der Waals surface area contributed by atoms with E-state index >= 15 is 0 Å². The Morgan fingerprint density at radius 3 is 3.07 bits per heavy atom. The van der Waals surface area contributed by atoms with Gasteiger partial charge in [0.05, 0.1) is 0 Å². The molecule has 0 aromatic carbocycles. The van der Waals surface area contributed by atoms with Gasteiger partial charge in [-0.3, -0.25) is 4.68 Å². The fourth-order valence-electron chi connectivity index (χ4n) is 1.88. The SMILES string of the molecule is CC1CNCC1CNc1ccn(C)n1. The quantitative estimate of drug-likeness (QED) is 0.744. The van der Waals surface area contributed by atoms with Crippen LogP contribution in [0.4, 0.5) is 5.82 Å². The number of hydrogen-bond donors (Lipinski definition) is 2. The number of aromatic nitrogens is 2. The Bertz CT molecular complexity index is 294. The molecule has 78 valence electrons. The van der Waals surface area contributed by atoms with Gasteiger partial charge < -0.3 is 10.6 Å². The number of nitrogens with one attached hydrogen (secondary N) is 2. The molecule has 4 heteroatoms. The van der Waals surface area contributed by atoms with Gasteiger partial charge in [-0.2, -0.15) is 5.10 Å². The molecule has 1 aromatic heterocycles. The maximum Gasteiger partial charge on any atom is 0.147 e. The summed E-state index contributed by atoms with van der Waals surface area (Å²) in [5.41, 5.74) is 0. The van der Waals surface area contributed by atoms with Crippen molar-refractivity contribution in [2.45, 2.75) is 6.92 Å². The van der Waals surface area contributed by atoms with Crippen LogP contribution in [0.3, 0.4) is 0 Å². The van der Waals surface area contributed by atoms with Gasteiger partial charge in [-0.15, -0.1) is 0 Å². The van der Waals surface area contributed by atoms with Crippen molar-refractivity contribution >= 4 is 5.82 Å². The van der Waals surface area contributed by atoms with Crippen molar-refractivity contribution in [2.24, 2.45) is 18.9 Å². The molecule has 0 bridgehead atoms. The van der Waals surface area contributed by atoms with Crippen LogP contribution in [0.5, 0.6) is 0 Å². The van der Waals surface area contributed by atoms with Crippen molar-refractivity contribution in [1.29, 1.82) is 0 Å². The van der Waals surface area contributed by atoms with E-state index in [0.717, 1.165) is 37.3 Å². The zero-order valence-electron chi connectivity index (χ0n) is 8.83. The number of rotatable bonds is 3. The van der Waals surface area contributed by atoms with Gasteiger partial charge in [0.1, 0.15) is 5.82 Å². The second-order valence-corrected chi connectivity index (χ2v) is 4.15. The number of hydrogen-bond acceptors (Lipinski definition) is 3. The lowest BCUT2D eigenvalue weighted by Gasteiger charge is -2.14. The topological polar surface area (TPSA) is 41.9 Å². The molecule has 0 amide bonds. The van der Waals surface area contributed by atoms with E-state index in [1.165, 1.54) is 0 Å². The zero-order valence-corrected chi connectivity index (χ0v) is 8.83. The molecular formula is C10H18N4. The summed E-state index contributed by atoms with van der Waals surface area (Å²) in [6, 6.07) is 2.01. The van der Waals surface area contributed by atoms with Crippen molar-refractivity contribution in [3.05, 3.63) is 12.3 Å². The van der Waals surface area contributed by atoms with E-state index in [0.29, 0.717) is 0 Å². The average molecular weight is 194 g/mol. The Kier molecular flexibility index (Phi) is 2.72. The van der Waals surface area contributed by atoms with Crippen LogP contribution in [0.15, 0.2) is 12.3 Å². The van der Waals surface area contributed by atoms with E-state index in [1.807, 2.05) is 24.0 Å². The second-order valence-electron chi connectivity index (χ2n) is 4.15. The standard InChI is InChI=1S/C10H18N4/c1-8-5-11-6-9(8)7-12-10-3-4-14(2)13-10/h3-4,8-9,11H,5-7H2,1-2H3,(H,12,13). The molecule has 4 nitrogen and oxygen atoms in total. The average Bonchev–Trinajstić information content (AvgIpc) is 2.72. The van der Waals surface area contributed by atoms with Gasteiger partial charge >= 0.3 is 0 Å². The summed E-state index contributed by atoms with van der Waals surface area (Å²) in [5.74, 6) is 2.48. The number of anilines is 1. The maximum absolute atomic E-state index is 4.28. The molecular weight excluding hydrogens is 176 g/mol. The molecule has 0 radical (unpaired) electrons. The summed E-state index contributed by atoms with van der Waals surface area (Å²) in [5, 5.41) is 11.0. The van der Waals surface area contributed by atoms with Gasteiger partial charge in [-0.1, -0.05) is 6.92 Å². The highest BCUT2D eigenvalue weighted by Gasteiger charge is 2.22. The van der Waals surface area contributed by atoms with Crippen LogP contribution in [-0.4, -0.2) is 29.4 Å². The fourth-order valence-corrected chi connectivity index (χ4v) is 1.88. The largest absolute Gasteiger partial charge is 0.368 e. The van der Waals surface area contributed by atoms with Gasteiger partial charge in [0.2, 0.25) is 0 Å². The van der Waals surface area contributed by atoms with Gasteiger partial charge in [0.15, 0.2) is 0 Å². The molecule has 0 aliphatic carbocycles. The summed E-state index contributed by atoms with van der Waals surface area (Å²) in [7, 11) is 1.94. The summed E-state index contributed by atoms with van der Waals surface area (Å²) in [6.07, 6.45) is 1.96. The zero-order chi connectivity index (χ0) is 9.97. The van der Waals surface area contributed by atoms with Crippen LogP contribution in [-0.2, 0) is 7.05 Å². The van der Waals surface area contributed by atoms with Crippen molar-refractivity contribution in [1.82, 2.24) is 15.1 Å². The van der Waals surface area contributed by atoms with Gasteiger partial charge in [0.25, 0.3) is 0 Å². The summed E-state index contributed by atoms with van der Waals surface area (Å²) >= 11 is 0. The summed E-state index contributed by atoms with van der Waals surface area (Å²) < 4.78 is 1.82. The molecule has 2 atom stereocenters. The smallest absolute Gasteiger partial charge is 0.147 e. The highest BCUT2D eigenvalue weighted by atomic mass is 15.3. The van der Waals surface area contributed by atoms with Crippen molar-refractivity contribution in [3.8, 4) is 0 Å². The van der Waals surface area contributed by atoms with Gasteiger partial charge in [-0.25, -0.2) is 0 Å². The van der Waals surface area contributed by atoms with Crippen molar-refractivity contribution in [2.75, 3.05) is 25.0 Å². The second kappa shape index (κ2) is 4.00. The highest BCUT2D eigenvalue weighted by molar-refractivity contribution is 5.32. The third kappa shape index (κ3) is 2.07. The molecule has 1 aliphatic heterocycles. The van der Waals surface area contributed by atoms with E-state index in [2.05, 4.69) is 22.7 Å². The van der Waals surface area contributed by atoms with Gasteiger partial charge in [0, 0.05) is 25.9 Å². The van der Waals surface area contributed by atoms with E-state index in [9.17, 15) is 0 Å². The minimum absolute atomic E-state index is 0.733. The first kappa shape index (κ1) is 9.52.